The molecule has 7 heteroatoms. The van der Waals surface area contributed by atoms with E-state index in [1.165, 1.54) is 13.2 Å². The van der Waals surface area contributed by atoms with Gasteiger partial charge in [-0.25, -0.2) is 9.37 Å². The maximum Gasteiger partial charge on any atom is 0.165 e. The van der Waals surface area contributed by atoms with Gasteiger partial charge in [0.1, 0.15) is 5.01 Å². The summed E-state index contributed by atoms with van der Waals surface area (Å²) >= 11 is 1.59. The molecule has 1 heterocycles. The number of methoxy groups -OCH3 is 3. The minimum Gasteiger partial charge on any atom is -0.494 e. The minimum absolute atomic E-state index is 0.260. The van der Waals surface area contributed by atoms with Gasteiger partial charge in [0, 0.05) is 24.0 Å². The molecule has 0 radical (unpaired) electrons. The highest BCUT2D eigenvalue weighted by atomic mass is 32.1. The van der Waals surface area contributed by atoms with Crippen molar-refractivity contribution in [3.05, 3.63) is 58.9 Å². The molecule has 1 aromatic heterocycles. The summed E-state index contributed by atoms with van der Waals surface area (Å²) in [6, 6.07) is 10.9. The maximum absolute atomic E-state index is 14.0. The Morgan fingerprint density at radius 3 is 2.31 bits per heavy atom. The second-order valence-electron chi connectivity index (χ2n) is 6.49. The third kappa shape index (κ3) is 5.05. The van der Waals surface area contributed by atoms with E-state index in [1.54, 1.807) is 31.6 Å². The van der Waals surface area contributed by atoms with Crippen molar-refractivity contribution in [1.82, 2.24) is 9.88 Å². The van der Waals surface area contributed by atoms with E-state index in [-0.39, 0.29) is 11.6 Å². The second-order valence-corrected chi connectivity index (χ2v) is 7.34. The molecular formula is C22H25FN2O3S. The SMILES string of the molecule is CCN(Cc1ccc(OC)c(F)c1)Cc1csc(-c2ccc(OC)c(OC)c2)n1. The molecule has 0 spiro atoms. The van der Waals surface area contributed by atoms with E-state index in [2.05, 4.69) is 17.2 Å². The van der Waals surface area contributed by atoms with E-state index < -0.39 is 0 Å². The van der Waals surface area contributed by atoms with Crippen molar-refractivity contribution in [3.63, 3.8) is 0 Å². The van der Waals surface area contributed by atoms with Gasteiger partial charge in [-0.3, -0.25) is 4.90 Å². The lowest BCUT2D eigenvalue weighted by molar-refractivity contribution is 0.268. The van der Waals surface area contributed by atoms with Crippen molar-refractivity contribution < 1.29 is 18.6 Å². The van der Waals surface area contributed by atoms with Gasteiger partial charge in [-0.1, -0.05) is 13.0 Å². The summed E-state index contributed by atoms with van der Waals surface area (Å²) in [7, 11) is 4.71. The standard InChI is InChI=1S/C22H25FN2O3S/c1-5-25(12-15-6-8-19(26-2)18(23)10-15)13-17-14-29-22(24-17)16-7-9-20(27-3)21(11-16)28-4/h6-11,14H,5,12-13H2,1-4H3. The monoisotopic (exact) mass is 416 g/mol. The van der Waals surface area contributed by atoms with Crippen LogP contribution in [-0.4, -0.2) is 37.8 Å². The molecular weight excluding hydrogens is 391 g/mol. The Bertz CT molecular complexity index is 961. The van der Waals surface area contributed by atoms with Crippen molar-refractivity contribution in [2.75, 3.05) is 27.9 Å². The Balaban J connectivity index is 1.72. The first-order valence-electron chi connectivity index (χ1n) is 9.29. The first kappa shape index (κ1) is 21.1. The zero-order chi connectivity index (χ0) is 20.8. The average molecular weight is 417 g/mol. The molecule has 3 aromatic rings. The number of hydrogen-bond donors (Lipinski definition) is 0. The lowest BCUT2D eigenvalue weighted by Gasteiger charge is -2.19. The molecule has 0 N–H and O–H groups in total. The lowest BCUT2D eigenvalue weighted by Crippen LogP contribution is -2.22. The second kappa shape index (κ2) is 9.71. The van der Waals surface area contributed by atoms with Gasteiger partial charge in [-0.15, -0.1) is 11.3 Å². The van der Waals surface area contributed by atoms with Crippen molar-refractivity contribution in [2.45, 2.75) is 20.0 Å². The molecule has 29 heavy (non-hydrogen) atoms. The Morgan fingerprint density at radius 2 is 1.66 bits per heavy atom. The predicted molar refractivity (Wildman–Crippen MR) is 113 cm³/mol. The molecule has 2 aromatic carbocycles. The molecule has 0 unspecified atom stereocenters. The van der Waals surface area contributed by atoms with Gasteiger partial charge >= 0.3 is 0 Å². The number of benzene rings is 2. The molecule has 5 nitrogen and oxygen atoms in total. The van der Waals surface area contributed by atoms with E-state index in [9.17, 15) is 4.39 Å². The summed E-state index contributed by atoms with van der Waals surface area (Å²) in [5.41, 5.74) is 2.87. The van der Waals surface area contributed by atoms with E-state index in [0.29, 0.717) is 24.6 Å². The minimum atomic E-state index is -0.342. The molecule has 0 amide bonds. The van der Waals surface area contributed by atoms with Crippen LogP contribution in [-0.2, 0) is 13.1 Å². The van der Waals surface area contributed by atoms with Crippen LogP contribution in [0.2, 0.25) is 0 Å². The third-order valence-electron chi connectivity index (χ3n) is 4.64. The Morgan fingerprint density at radius 1 is 0.931 bits per heavy atom. The van der Waals surface area contributed by atoms with Crippen LogP contribution in [0.1, 0.15) is 18.2 Å². The predicted octanol–water partition coefficient (Wildman–Crippen LogP) is 5.00. The fraction of sp³-hybridized carbons (Fsp3) is 0.318. The van der Waals surface area contributed by atoms with Gasteiger partial charge in [0.15, 0.2) is 23.1 Å². The summed E-state index contributed by atoms with van der Waals surface area (Å²) in [6.07, 6.45) is 0. The molecule has 0 fully saturated rings. The highest BCUT2D eigenvalue weighted by Crippen LogP contribution is 2.33. The number of hydrogen-bond acceptors (Lipinski definition) is 6. The van der Waals surface area contributed by atoms with Gasteiger partial charge in [0.25, 0.3) is 0 Å². The van der Waals surface area contributed by atoms with Crippen LogP contribution in [0.25, 0.3) is 10.6 Å². The smallest absolute Gasteiger partial charge is 0.165 e. The molecule has 0 bridgehead atoms. The molecule has 0 aliphatic rings. The summed E-state index contributed by atoms with van der Waals surface area (Å²) < 4.78 is 29.6. The zero-order valence-electron chi connectivity index (χ0n) is 17.1. The number of ether oxygens (including phenoxy) is 3. The Kier molecular flexibility index (Phi) is 7.06. The van der Waals surface area contributed by atoms with Crippen molar-refractivity contribution >= 4 is 11.3 Å². The van der Waals surface area contributed by atoms with Gasteiger partial charge in [-0.2, -0.15) is 0 Å². The van der Waals surface area contributed by atoms with E-state index >= 15 is 0 Å². The van der Waals surface area contributed by atoms with Crippen molar-refractivity contribution in [2.24, 2.45) is 0 Å². The van der Waals surface area contributed by atoms with Crippen LogP contribution < -0.4 is 14.2 Å². The zero-order valence-corrected chi connectivity index (χ0v) is 17.9. The molecule has 0 saturated carbocycles. The van der Waals surface area contributed by atoms with Gasteiger partial charge in [0.05, 0.1) is 27.0 Å². The van der Waals surface area contributed by atoms with Crippen LogP contribution in [0.3, 0.4) is 0 Å². The summed E-state index contributed by atoms with van der Waals surface area (Å²) in [5.74, 6) is 1.29. The van der Waals surface area contributed by atoms with E-state index in [0.717, 1.165) is 28.4 Å². The quantitative estimate of drug-likeness (QED) is 0.491. The maximum atomic E-state index is 14.0. The number of thiazole rings is 1. The summed E-state index contributed by atoms with van der Waals surface area (Å²) in [6.45, 7) is 4.24. The highest BCUT2D eigenvalue weighted by Gasteiger charge is 2.13. The molecule has 154 valence electrons. The lowest BCUT2D eigenvalue weighted by atomic mass is 10.2. The molecule has 0 saturated heterocycles. The average Bonchev–Trinajstić information content (AvgIpc) is 3.21. The first-order chi connectivity index (χ1) is 14.1. The molecule has 0 atom stereocenters. The molecule has 0 aliphatic heterocycles. The van der Waals surface area contributed by atoms with Crippen LogP contribution in [0, 0.1) is 5.82 Å². The fourth-order valence-electron chi connectivity index (χ4n) is 3.06. The van der Waals surface area contributed by atoms with Crippen LogP contribution in [0.15, 0.2) is 41.8 Å². The Hall–Kier alpha value is -2.64. The number of halogens is 1. The fourth-order valence-corrected chi connectivity index (χ4v) is 3.86. The normalized spacial score (nSPS) is 11.0. The van der Waals surface area contributed by atoms with E-state index in [1.807, 2.05) is 24.3 Å². The van der Waals surface area contributed by atoms with Gasteiger partial charge in [0.2, 0.25) is 0 Å². The first-order valence-corrected chi connectivity index (χ1v) is 10.2. The highest BCUT2D eigenvalue weighted by molar-refractivity contribution is 7.13. The van der Waals surface area contributed by atoms with Crippen molar-refractivity contribution in [1.29, 1.82) is 0 Å². The van der Waals surface area contributed by atoms with Crippen LogP contribution in [0.5, 0.6) is 17.2 Å². The molecule has 0 aliphatic carbocycles. The van der Waals surface area contributed by atoms with E-state index in [4.69, 9.17) is 19.2 Å². The Labute approximate surface area is 174 Å². The largest absolute Gasteiger partial charge is 0.494 e. The van der Waals surface area contributed by atoms with Gasteiger partial charge < -0.3 is 14.2 Å². The van der Waals surface area contributed by atoms with Crippen LogP contribution >= 0.6 is 11.3 Å². The van der Waals surface area contributed by atoms with Gasteiger partial charge in [-0.05, 0) is 42.4 Å². The number of nitrogens with zero attached hydrogens (tertiary/aromatic N) is 2. The number of aromatic nitrogens is 1. The van der Waals surface area contributed by atoms with Crippen molar-refractivity contribution in [3.8, 4) is 27.8 Å². The third-order valence-corrected chi connectivity index (χ3v) is 5.58. The topological polar surface area (TPSA) is 43.8 Å². The molecule has 3 rings (SSSR count). The summed E-state index contributed by atoms with van der Waals surface area (Å²) in [4.78, 5) is 6.99. The summed E-state index contributed by atoms with van der Waals surface area (Å²) in [5, 5.41) is 2.98. The number of rotatable bonds is 9. The van der Waals surface area contributed by atoms with Crippen LogP contribution in [0.4, 0.5) is 4.39 Å².